The zero-order chi connectivity index (χ0) is 11.7. The van der Waals surface area contributed by atoms with Crippen molar-refractivity contribution >= 4 is 12.4 Å². The van der Waals surface area contributed by atoms with Crippen molar-refractivity contribution in [1.82, 2.24) is 4.90 Å². The smallest absolute Gasteiger partial charge is 0.119 e. The first kappa shape index (κ1) is 14.3. The van der Waals surface area contributed by atoms with Gasteiger partial charge in [0.15, 0.2) is 0 Å². The van der Waals surface area contributed by atoms with E-state index < -0.39 is 0 Å². The fourth-order valence-corrected chi connectivity index (χ4v) is 2.84. The molecule has 0 fully saturated rings. The lowest BCUT2D eigenvalue weighted by Crippen LogP contribution is -2.36. The van der Waals surface area contributed by atoms with Crippen molar-refractivity contribution in [3.05, 3.63) is 29.3 Å². The summed E-state index contributed by atoms with van der Waals surface area (Å²) in [6, 6.07) is 7.17. The Morgan fingerprint density at radius 1 is 1.29 bits per heavy atom. The van der Waals surface area contributed by atoms with E-state index in [9.17, 15) is 0 Å². The summed E-state index contributed by atoms with van der Waals surface area (Å²) in [4.78, 5) is 2.35. The van der Waals surface area contributed by atoms with Crippen LogP contribution in [0, 0.1) is 0 Å². The van der Waals surface area contributed by atoms with Crippen molar-refractivity contribution in [1.29, 1.82) is 0 Å². The number of fused-ring (bicyclic) bond motifs is 1. The van der Waals surface area contributed by atoms with Crippen molar-refractivity contribution < 1.29 is 4.74 Å². The summed E-state index contributed by atoms with van der Waals surface area (Å²) in [6.07, 6.45) is 2.41. The van der Waals surface area contributed by atoms with E-state index in [4.69, 9.17) is 4.74 Å². The molecule has 2 nitrogen and oxygen atoms in total. The number of benzene rings is 1. The molecule has 1 aromatic carbocycles. The highest BCUT2D eigenvalue weighted by Gasteiger charge is 2.27. The third kappa shape index (κ3) is 2.75. The van der Waals surface area contributed by atoms with Crippen LogP contribution in [0.5, 0.6) is 5.75 Å². The second-order valence-electron chi connectivity index (χ2n) is 4.92. The summed E-state index contributed by atoms with van der Waals surface area (Å²) < 4.78 is 5.28. The second kappa shape index (κ2) is 5.74. The van der Waals surface area contributed by atoms with Gasteiger partial charge in [-0.3, -0.25) is 0 Å². The molecule has 0 radical (unpaired) electrons. The summed E-state index contributed by atoms with van der Waals surface area (Å²) in [5.41, 5.74) is 2.95. The van der Waals surface area contributed by atoms with Crippen LogP contribution < -0.4 is 4.74 Å². The quantitative estimate of drug-likeness (QED) is 0.805. The maximum atomic E-state index is 5.28. The zero-order valence-corrected chi connectivity index (χ0v) is 11.9. The highest BCUT2D eigenvalue weighted by Crippen LogP contribution is 2.35. The Balaban J connectivity index is 0.00000144. The van der Waals surface area contributed by atoms with Crippen LogP contribution in [-0.4, -0.2) is 32.1 Å². The molecule has 0 saturated heterocycles. The molecule has 0 aromatic heterocycles. The fourth-order valence-electron chi connectivity index (χ4n) is 2.84. The Kier molecular flexibility index (Phi) is 4.84. The molecular formula is C14H22ClNO. The highest BCUT2D eigenvalue weighted by molar-refractivity contribution is 5.85. The monoisotopic (exact) mass is 255 g/mol. The maximum Gasteiger partial charge on any atom is 0.119 e. The van der Waals surface area contributed by atoms with E-state index in [1.165, 1.54) is 24.0 Å². The van der Waals surface area contributed by atoms with Gasteiger partial charge in [0.25, 0.3) is 0 Å². The first-order chi connectivity index (χ1) is 7.63. The Morgan fingerprint density at radius 3 is 2.59 bits per heavy atom. The minimum Gasteiger partial charge on any atom is -0.497 e. The molecule has 1 aliphatic carbocycles. The average molecular weight is 256 g/mol. The van der Waals surface area contributed by atoms with Crippen molar-refractivity contribution in [2.45, 2.75) is 31.7 Å². The van der Waals surface area contributed by atoms with Crippen LogP contribution in [0.25, 0.3) is 0 Å². The number of ether oxygens (including phenoxy) is 1. The van der Waals surface area contributed by atoms with E-state index in [1.807, 2.05) is 0 Å². The molecule has 1 aromatic rings. The van der Waals surface area contributed by atoms with Gasteiger partial charge in [0.1, 0.15) is 5.75 Å². The number of hydrogen-bond acceptors (Lipinski definition) is 2. The van der Waals surface area contributed by atoms with Gasteiger partial charge < -0.3 is 9.64 Å². The van der Waals surface area contributed by atoms with Gasteiger partial charge in [0.05, 0.1) is 7.11 Å². The molecule has 1 aliphatic rings. The van der Waals surface area contributed by atoms with Crippen LogP contribution >= 0.6 is 12.4 Å². The van der Waals surface area contributed by atoms with Crippen LogP contribution in [0.3, 0.4) is 0 Å². The molecule has 0 bridgehead atoms. The van der Waals surface area contributed by atoms with Crippen LogP contribution in [0.4, 0.5) is 0 Å². The molecule has 0 aliphatic heterocycles. The first-order valence-corrected chi connectivity index (χ1v) is 5.96. The predicted octanol–water partition coefficient (Wildman–Crippen LogP) is 3.10. The summed E-state index contributed by atoms with van der Waals surface area (Å²) in [5.74, 6) is 1.60. The third-order valence-electron chi connectivity index (χ3n) is 3.79. The van der Waals surface area contributed by atoms with Gasteiger partial charge in [-0.15, -0.1) is 12.4 Å². The van der Waals surface area contributed by atoms with Crippen molar-refractivity contribution in [2.24, 2.45) is 0 Å². The SMILES string of the molecule is COc1ccc2c(c1)CCC(N(C)C)C2C.Cl. The largest absolute Gasteiger partial charge is 0.497 e. The lowest BCUT2D eigenvalue weighted by atomic mass is 9.80. The topological polar surface area (TPSA) is 12.5 Å². The molecule has 0 saturated carbocycles. The number of aryl methyl sites for hydroxylation is 1. The molecule has 2 unspecified atom stereocenters. The van der Waals surface area contributed by atoms with E-state index in [0.717, 1.165) is 5.75 Å². The average Bonchev–Trinajstić information content (AvgIpc) is 2.28. The fraction of sp³-hybridized carbons (Fsp3) is 0.571. The Hall–Kier alpha value is -0.730. The van der Waals surface area contributed by atoms with Gasteiger partial charge in [-0.2, -0.15) is 0 Å². The van der Waals surface area contributed by atoms with Crippen LogP contribution in [0.1, 0.15) is 30.4 Å². The molecular weight excluding hydrogens is 234 g/mol. The number of likely N-dealkylation sites (N-methyl/N-ethyl adjacent to an activating group) is 1. The number of methoxy groups -OCH3 is 1. The molecule has 3 heteroatoms. The number of halogens is 1. The van der Waals surface area contributed by atoms with Gasteiger partial charge in [0, 0.05) is 6.04 Å². The van der Waals surface area contributed by atoms with E-state index >= 15 is 0 Å². The summed E-state index contributed by atoms with van der Waals surface area (Å²) in [5, 5.41) is 0. The first-order valence-electron chi connectivity index (χ1n) is 5.96. The summed E-state index contributed by atoms with van der Waals surface area (Å²) in [6.45, 7) is 2.33. The van der Waals surface area contributed by atoms with Crippen molar-refractivity contribution in [2.75, 3.05) is 21.2 Å². The zero-order valence-electron chi connectivity index (χ0n) is 11.1. The highest BCUT2D eigenvalue weighted by atomic mass is 35.5. The molecule has 0 amide bonds. The molecule has 2 rings (SSSR count). The number of nitrogens with zero attached hydrogens (tertiary/aromatic N) is 1. The van der Waals surface area contributed by atoms with Gasteiger partial charge in [-0.25, -0.2) is 0 Å². The number of rotatable bonds is 2. The molecule has 96 valence electrons. The van der Waals surface area contributed by atoms with E-state index in [1.54, 1.807) is 7.11 Å². The second-order valence-corrected chi connectivity index (χ2v) is 4.92. The van der Waals surface area contributed by atoms with Gasteiger partial charge >= 0.3 is 0 Å². The Morgan fingerprint density at radius 2 is 2.00 bits per heavy atom. The molecule has 0 N–H and O–H groups in total. The van der Waals surface area contributed by atoms with Gasteiger partial charge in [0.2, 0.25) is 0 Å². The Labute approximate surface area is 110 Å². The number of hydrogen-bond donors (Lipinski definition) is 0. The van der Waals surface area contributed by atoms with Gasteiger partial charge in [-0.1, -0.05) is 13.0 Å². The van der Waals surface area contributed by atoms with E-state index in [-0.39, 0.29) is 12.4 Å². The molecule has 0 spiro atoms. The molecule has 2 atom stereocenters. The minimum absolute atomic E-state index is 0. The minimum atomic E-state index is 0. The lowest BCUT2D eigenvalue weighted by molar-refractivity contribution is 0.236. The van der Waals surface area contributed by atoms with Crippen LogP contribution in [0.15, 0.2) is 18.2 Å². The van der Waals surface area contributed by atoms with E-state index in [2.05, 4.69) is 44.1 Å². The van der Waals surface area contributed by atoms with Gasteiger partial charge in [-0.05, 0) is 56.1 Å². The van der Waals surface area contributed by atoms with Crippen molar-refractivity contribution in [3.63, 3.8) is 0 Å². The van der Waals surface area contributed by atoms with E-state index in [0.29, 0.717) is 12.0 Å². The standard InChI is InChI=1S/C14H21NO.ClH/c1-10-13-7-6-12(16-4)9-11(13)5-8-14(10)15(2)3;/h6-7,9-10,14H,5,8H2,1-4H3;1H. The lowest BCUT2D eigenvalue weighted by Gasteiger charge is -2.35. The molecule has 0 heterocycles. The normalized spacial score (nSPS) is 22.9. The molecule has 17 heavy (non-hydrogen) atoms. The predicted molar refractivity (Wildman–Crippen MR) is 74.5 cm³/mol. The summed E-state index contributed by atoms with van der Waals surface area (Å²) in [7, 11) is 6.09. The van der Waals surface area contributed by atoms with Crippen molar-refractivity contribution in [3.8, 4) is 5.75 Å². The maximum absolute atomic E-state index is 5.28. The third-order valence-corrected chi connectivity index (χ3v) is 3.79. The summed E-state index contributed by atoms with van der Waals surface area (Å²) >= 11 is 0. The van der Waals surface area contributed by atoms with Crippen LogP contribution in [-0.2, 0) is 6.42 Å². The Bertz CT molecular complexity index is 378. The van der Waals surface area contributed by atoms with Crippen LogP contribution in [0.2, 0.25) is 0 Å².